The minimum atomic E-state index is -1.13. The zero-order valence-electron chi connectivity index (χ0n) is 33.6. The van der Waals surface area contributed by atoms with Crippen molar-refractivity contribution in [1.82, 2.24) is 0 Å². The predicted octanol–water partition coefficient (Wildman–Crippen LogP) is 8.68. The first kappa shape index (κ1) is 45.5. The van der Waals surface area contributed by atoms with Crippen molar-refractivity contribution in [2.75, 3.05) is 19.8 Å². The van der Waals surface area contributed by atoms with Gasteiger partial charge in [-0.05, 0) is 74.6 Å². The van der Waals surface area contributed by atoms with Crippen molar-refractivity contribution in [3.05, 3.63) is 90.3 Å². The minimum absolute atomic E-state index is 0.00684. The molecule has 0 heterocycles. The summed E-state index contributed by atoms with van der Waals surface area (Å²) in [6, 6.07) is 14.3. The fourth-order valence-electron chi connectivity index (χ4n) is 5.44. The number of hydrogen-bond acceptors (Lipinski definition) is 11. The molecule has 3 aromatic rings. The molecule has 0 unspecified atom stereocenters. The summed E-state index contributed by atoms with van der Waals surface area (Å²) in [4.78, 5) is 72.7. The average molecular weight is 787 g/mol. The van der Waals surface area contributed by atoms with E-state index < -0.39 is 46.7 Å². The van der Waals surface area contributed by atoms with Gasteiger partial charge in [0.2, 0.25) is 11.6 Å². The third-order valence-electron chi connectivity index (χ3n) is 9.13. The number of halogens is 1. The first-order valence-electron chi connectivity index (χ1n) is 18.8. The highest BCUT2D eigenvalue weighted by atomic mass is 19.1. The second-order valence-electron chi connectivity index (χ2n) is 14.1. The lowest BCUT2D eigenvalue weighted by molar-refractivity contribution is -0.163. The molecule has 0 spiro atoms. The van der Waals surface area contributed by atoms with Gasteiger partial charge in [-0.1, -0.05) is 77.0 Å². The van der Waals surface area contributed by atoms with E-state index >= 15 is 4.39 Å². The normalized spacial score (nSPS) is 10.9. The van der Waals surface area contributed by atoms with Gasteiger partial charge in [-0.15, -0.1) is 0 Å². The third-order valence-corrected chi connectivity index (χ3v) is 9.13. The van der Waals surface area contributed by atoms with Crippen LogP contribution in [0.4, 0.5) is 4.39 Å². The zero-order chi connectivity index (χ0) is 42.3. The van der Waals surface area contributed by atoms with Crippen LogP contribution in [0.2, 0.25) is 0 Å². The van der Waals surface area contributed by atoms with Gasteiger partial charge in [-0.25, -0.2) is 23.6 Å². The molecule has 0 saturated heterocycles. The molecule has 0 atom stereocenters. The molecule has 0 amide bonds. The van der Waals surface area contributed by atoms with E-state index in [1.54, 1.807) is 37.3 Å². The van der Waals surface area contributed by atoms with Crippen LogP contribution in [0.1, 0.15) is 85.6 Å². The Morgan fingerprint density at radius 2 is 1.14 bits per heavy atom. The van der Waals surface area contributed by atoms with Crippen LogP contribution in [-0.2, 0) is 44.7 Å². The topological polar surface area (TPSA) is 149 Å². The van der Waals surface area contributed by atoms with Crippen LogP contribution in [0.3, 0.4) is 0 Å². The van der Waals surface area contributed by atoms with E-state index in [-0.39, 0.29) is 60.0 Å². The number of ether oxygens (including phenoxy) is 5. The van der Waals surface area contributed by atoms with E-state index in [0.717, 1.165) is 51.5 Å². The lowest BCUT2D eigenvalue weighted by Crippen LogP contribution is -2.40. The van der Waals surface area contributed by atoms with Gasteiger partial charge < -0.3 is 23.7 Å². The summed E-state index contributed by atoms with van der Waals surface area (Å²) in [5.74, 6) is -5.47. The van der Waals surface area contributed by atoms with Gasteiger partial charge in [0, 0.05) is 41.7 Å². The maximum atomic E-state index is 15.9. The van der Waals surface area contributed by atoms with Crippen molar-refractivity contribution in [3.63, 3.8) is 0 Å². The molecule has 3 aromatic carbocycles. The van der Waals surface area contributed by atoms with Gasteiger partial charge in [0.1, 0.15) is 42.9 Å². The number of ketones is 2. The molecule has 0 aliphatic heterocycles. The number of unbranched alkanes of at least 4 members (excludes halogenated alkanes) is 4. The Kier molecular flexibility index (Phi) is 17.1. The number of carbonyl (C=O) groups is 6. The number of aryl methyl sites for hydroxylation is 1. The summed E-state index contributed by atoms with van der Waals surface area (Å²) in [5, 5.41) is 0. The maximum absolute atomic E-state index is 15.9. The van der Waals surface area contributed by atoms with Gasteiger partial charge in [0.15, 0.2) is 0 Å². The summed E-state index contributed by atoms with van der Waals surface area (Å²) in [5.41, 5.74) is 0.999. The first-order chi connectivity index (χ1) is 27.0. The summed E-state index contributed by atoms with van der Waals surface area (Å²) in [7, 11) is 0. The van der Waals surface area contributed by atoms with Crippen LogP contribution in [0.25, 0.3) is 22.3 Å². The Morgan fingerprint density at radius 3 is 1.63 bits per heavy atom. The van der Waals surface area contributed by atoms with Crippen molar-refractivity contribution in [2.45, 2.75) is 86.5 Å². The van der Waals surface area contributed by atoms with Gasteiger partial charge in [-0.3, -0.25) is 9.59 Å². The Morgan fingerprint density at radius 1 is 0.614 bits per heavy atom. The van der Waals surface area contributed by atoms with Crippen LogP contribution in [0.15, 0.2) is 78.9 Å². The molecule has 0 aromatic heterocycles. The monoisotopic (exact) mass is 786 g/mol. The number of carbonyl (C=O) groups excluding carboxylic acids is 6. The molecular formula is C45H51FO11. The van der Waals surface area contributed by atoms with E-state index in [4.69, 9.17) is 23.7 Å². The second kappa shape index (κ2) is 21.4. The van der Waals surface area contributed by atoms with E-state index in [1.165, 1.54) is 32.0 Å². The van der Waals surface area contributed by atoms with Crippen molar-refractivity contribution in [2.24, 2.45) is 5.41 Å². The average Bonchev–Trinajstić information content (AvgIpc) is 3.18. The zero-order valence-corrected chi connectivity index (χ0v) is 33.6. The van der Waals surface area contributed by atoms with Crippen molar-refractivity contribution < 1.29 is 56.8 Å². The largest absolute Gasteiger partial charge is 0.493 e. The molecule has 0 aliphatic carbocycles. The van der Waals surface area contributed by atoms with Crippen LogP contribution in [0, 0.1) is 11.2 Å². The molecule has 0 N–H and O–H groups in total. The highest BCUT2D eigenvalue weighted by molar-refractivity contribution is 6.32. The summed E-state index contributed by atoms with van der Waals surface area (Å²) < 4.78 is 43.7. The second-order valence-corrected chi connectivity index (χ2v) is 14.1. The lowest BCUT2D eigenvalue weighted by atomic mass is 9.88. The lowest BCUT2D eigenvalue weighted by Gasteiger charge is -2.31. The molecule has 3 rings (SSSR count). The Balaban J connectivity index is 2.05. The minimum Gasteiger partial charge on any atom is -0.493 e. The molecule has 304 valence electrons. The highest BCUT2D eigenvalue weighted by Gasteiger charge is 2.34. The standard InChI is InChI=1S/C45H51FO11/c1-9-11-12-13-14-15-32-16-21-35(38(46)22-32)37-24-39(56-41(49)28(3)4)36(23-40(37)57-42(50)29(5)6)33-17-19-34(20-18-33)53-25-45(10-2,26-54-43(51)30(7)47)27-55-44(52)31(8)48/h16-24H,3,5,9-15,25-27H2,1-2,4,6-8H3. The molecule has 0 bridgehead atoms. The van der Waals surface area contributed by atoms with Gasteiger partial charge in [0.05, 0.1) is 5.41 Å². The van der Waals surface area contributed by atoms with Crippen LogP contribution < -0.4 is 14.2 Å². The number of hydrogen-bond donors (Lipinski definition) is 0. The fraction of sp³-hybridized carbons (Fsp3) is 0.378. The summed E-state index contributed by atoms with van der Waals surface area (Å²) in [6.07, 6.45) is 6.33. The van der Waals surface area contributed by atoms with Crippen LogP contribution in [-0.4, -0.2) is 55.3 Å². The molecule has 0 aliphatic rings. The molecule has 0 fully saturated rings. The maximum Gasteiger partial charge on any atom is 0.374 e. The van der Waals surface area contributed by atoms with E-state index in [1.807, 2.05) is 6.07 Å². The molecule has 12 heteroatoms. The molecule has 57 heavy (non-hydrogen) atoms. The van der Waals surface area contributed by atoms with Gasteiger partial charge >= 0.3 is 23.9 Å². The van der Waals surface area contributed by atoms with Crippen molar-refractivity contribution >= 4 is 35.4 Å². The van der Waals surface area contributed by atoms with Crippen molar-refractivity contribution in [1.29, 1.82) is 0 Å². The Hall–Kier alpha value is -5.91. The molecule has 0 radical (unpaired) electrons. The molecule has 11 nitrogen and oxygen atoms in total. The Bertz CT molecular complexity index is 1960. The first-order valence-corrected chi connectivity index (χ1v) is 18.8. The van der Waals surface area contributed by atoms with E-state index in [0.29, 0.717) is 23.3 Å². The summed E-state index contributed by atoms with van der Waals surface area (Å²) >= 11 is 0. The van der Waals surface area contributed by atoms with E-state index in [9.17, 15) is 28.8 Å². The number of benzene rings is 3. The molecular weight excluding hydrogens is 735 g/mol. The Labute approximate surface area is 333 Å². The van der Waals surface area contributed by atoms with Gasteiger partial charge in [-0.2, -0.15) is 0 Å². The number of rotatable bonds is 22. The third kappa shape index (κ3) is 13.4. The SMILES string of the molecule is C=C(C)C(=O)Oc1cc(-c2ccc(CCCCCCC)cc2F)c(OC(=O)C(=C)C)cc1-c1ccc(OCC(CC)(COC(=O)C(C)=O)COC(=O)C(C)=O)cc1. The summed E-state index contributed by atoms with van der Waals surface area (Å²) in [6.45, 7) is 15.5. The molecule has 0 saturated carbocycles. The number of Topliss-reactive ketones (excluding diaryl/α,β-unsaturated/α-hetero) is 2. The highest BCUT2D eigenvalue weighted by Crippen LogP contribution is 2.43. The predicted molar refractivity (Wildman–Crippen MR) is 212 cm³/mol. The van der Waals surface area contributed by atoms with Crippen LogP contribution >= 0.6 is 0 Å². The van der Waals surface area contributed by atoms with Crippen LogP contribution in [0.5, 0.6) is 17.2 Å². The quantitative estimate of drug-likeness (QED) is 0.0317. The number of esters is 4. The fourth-order valence-corrected chi connectivity index (χ4v) is 5.44. The van der Waals surface area contributed by atoms with Crippen molar-refractivity contribution in [3.8, 4) is 39.5 Å². The van der Waals surface area contributed by atoms with E-state index in [2.05, 4.69) is 20.1 Å². The van der Waals surface area contributed by atoms with Gasteiger partial charge in [0.25, 0.3) is 0 Å². The smallest absolute Gasteiger partial charge is 0.374 e.